The molecule has 0 atom stereocenters. The molecule has 0 fully saturated rings. The maximum atomic E-state index is 13.7. The minimum Gasteiger partial charge on any atom is -0.491 e. The topological polar surface area (TPSA) is 22.1 Å². The highest BCUT2D eigenvalue weighted by Gasteiger charge is 2.13. The van der Waals surface area contributed by atoms with Crippen molar-refractivity contribution < 1.29 is 9.13 Å². The molecular weight excluding hydrogens is 205 g/mol. The first-order valence-electron chi connectivity index (χ1n) is 4.01. The number of rotatable bonds is 1. The summed E-state index contributed by atoms with van der Waals surface area (Å²) in [7, 11) is 1.36. The van der Waals surface area contributed by atoms with E-state index in [0.717, 1.165) is 0 Å². The Morgan fingerprint density at radius 3 is 2.79 bits per heavy atom. The van der Waals surface area contributed by atoms with E-state index in [1.165, 1.54) is 7.11 Å². The van der Waals surface area contributed by atoms with Crippen LogP contribution in [0.5, 0.6) is 5.75 Å². The molecule has 0 aliphatic rings. The first kappa shape index (κ1) is 9.21. The summed E-state index contributed by atoms with van der Waals surface area (Å²) < 4.78 is 18.5. The second-order valence-corrected chi connectivity index (χ2v) is 3.13. The molecule has 0 bridgehead atoms. The number of hydrogen-bond acceptors (Lipinski definition) is 2. The van der Waals surface area contributed by atoms with Crippen LogP contribution in [0.15, 0.2) is 24.3 Å². The van der Waals surface area contributed by atoms with Gasteiger partial charge in [0, 0.05) is 5.39 Å². The second-order valence-electron chi connectivity index (χ2n) is 2.77. The van der Waals surface area contributed by atoms with Crippen LogP contribution in [0.3, 0.4) is 0 Å². The molecule has 0 aliphatic carbocycles. The molecule has 1 aromatic carbocycles. The highest BCUT2D eigenvalue weighted by atomic mass is 35.5. The van der Waals surface area contributed by atoms with E-state index >= 15 is 0 Å². The maximum absolute atomic E-state index is 13.7. The number of halogens is 2. The van der Waals surface area contributed by atoms with Crippen LogP contribution < -0.4 is 4.74 Å². The van der Waals surface area contributed by atoms with Gasteiger partial charge in [-0.15, -0.1) is 0 Å². The summed E-state index contributed by atoms with van der Waals surface area (Å²) in [6.45, 7) is 0. The molecule has 0 aliphatic heterocycles. The lowest BCUT2D eigenvalue weighted by Crippen LogP contribution is -1.93. The van der Waals surface area contributed by atoms with Crippen LogP contribution in [0.25, 0.3) is 10.9 Å². The number of para-hydroxylation sites is 1. The predicted octanol–water partition coefficient (Wildman–Crippen LogP) is 3.04. The zero-order valence-electron chi connectivity index (χ0n) is 7.42. The third-order valence-corrected chi connectivity index (χ3v) is 2.21. The highest BCUT2D eigenvalue weighted by molar-refractivity contribution is 6.31. The normalized spacial score (nSPS) is 10.5. The van der Waals surface area contributed by atoms with Crippen molar-refractivity contribution in [2.75, 3.05) is 7.11 Å². The van der Waals surface area contributed by atoms with Gasteiger partial charge in [0.1, 0.15) is 0 Å². The number of pyridine rings is 1. The molecule has 0 N–H and O–H groups in total. The minimum atomic E-state index is -0.469. The van der Waals surface area contributed by atoms with Gasteiger partial charge in [0.25, 0.3) is 0 Å². The summed E-state index contributed by atoms with van der Waals surface area (Å²) in [5.74, 6) is -0.478. The molecule has 0 saturated heterocycles. The molecule has 4 heteroatoms. The monoisotopic (exact) mass is 211 g/mol. The summed E-state index contributed by atoms with van der Waals surface area (Å²) in [6, 6.07) is 6.85. The largest absolute Gasteiger partial charge is 0.491 e. The standard InChI is InChI=1S/C10H7ClFNO/c1-14-9-8(12)6-4-2-3-5-7(6)13-10(9)11/h2-5H,1H3. The Labute approximate surface area is 85.3 Å². The first-order chi connectivity index (χ1) is 6.74. The van der Waals surface area contributed by atoms with Crippen molar-refractivity contribution in [3.8, 4) is 5.75 Å². The van der Waals surface area contributed by atoms with E-state index in [9.17, 15) is 4.39 Å². The average molecular weight is 212 g/mol. The fraction of sp³-hybridized carbons (Fsp3) is 0.100. The van der Waals surface area contributed by atoms with Gasteiger partial charge in [-0.1, -0.05) is 23.7 Å². The van der Waals surface area contributed by atoms with Crippen molar-refractivity contribution in [1.82, 2.24) is 4.98 Å². The van der Waals surface area contributed by atoms with Gasteiger partial charge < -0.3 is 4.74 Å². The number of aromatic nitrogens is 1. The Morgan fingerprint density at radius 1 is 1.36 bits per heavy atom. The Bertz CT molecular complexity index is 487. The molecule has 72 valence electrons. The second kappa shape index (κ2) is 3.42. The lowest BCUT2D eigenvalue weighted by molar-refractivity contribution is 0.387. The molecule has 0 radical (unpaired) electrons. The maximum Gasteiger partial charge on any atom is 0.192 e. The van der Waals surface area contributed by atoms with Crippen molar-refractivity contribution in [1.29, 1.82) is 0 Å². The molecule has 1 heterocycles. The third-order valence-electron chi connectivity index (χ3n) is 1.95. The summed E-state index contributed by atoms with van der Waals surface area (Å²) in [5.41, 5.74) is 0.524. The number of methoxy groups -OCH3 is 1. The van der Waals surface area contributed by atoms with Gasteiger partial charge in [-0.05, 0) is 12.1 Å². The predicted molar refractivity (Wildman–Crippen MR) is 53.3 cm³/mol. The summed E-state index contributed by atoms with van der Waals surface area (Å²) >= 11 is 5.73. The van der Waals surface area contributed by atoms with Gasteiger partial charge in [0.05, 0.1) is 12.6 Å². The van der Waals surface area contributed by atoms with Crippen molar-refractivity contribution in [2.45, 2.75) is 0 Å². The summed E-state index contributed by atoms with van der Waals surface area (Å²) in [6.07, 6.45) is 0. The van der Waals surface area contributed by atoms with Crippen LogP contribution in [0.4, 0.5) is 4.39 Å². The Morgan fingerprint density at radius 2 is 2.07 bits per heavy atom. The van der Waals surface area contributed by atoms with Gasteiger partial charge in [0.15, 0.2) is 16.7 Å². The van der Waals surface area contributed by atoms with Crippen molar-refractivity contribution in [3.63, 3.8) is 0 Å². The van der Waals surface area contributed by atoms with Gasteiger partial charge in [-0.25, -0.2) is 9.37 Å². The van der Waals surface area contributed by atoms with Crippen LogP contribution in [0.1, 0.15) is 0 Å². The van der Waals surface area contributed by atoms with Crippen LogP contribution in [-0.4, -0.2) is 12.1 Å². The quantitative estimate of drug-likeness (QED) is 0.677. The fourth-order valence-electron chi connectivity index (χ4n) is 1.30. The Kier molecular flexibility index (Phi) is 2.25. The zero-order chi connectivity index (χ0) is 10.1. The molecule has 2 aromatic rings. The van der Waals surface area contributed by atoms with Crippen molar-refractivity contribution in [3.05, 3.63) is 35.2 Å². The number of nitrogens with zero attached hydrogens (tertiary/aromatic N) is 1. The molecule has 14 heavy (non-hydrogen) atoms. The third kappa shape index (κ3) is 1.30. The van der Waals surface area contributed by atoms with E-state index in [1.807, 2.05) is 0 Å². The number of benzene rings is 1. The van der Waals surface area contributed by atoms with Gasteiger partial charge in [-0.3, -0.25) is 0 Å². The molecular formula is C10H7ClFNO. The molecule has 0 saturated carbocycles. The number of fused-ring (bicyclic) bond motifs is 1. The van der Waals surface area contributed by atoms with E-state index in [4.69, 9.17) is 16.3 Å². The van der Waals surface area contributed by atoms with Crippen molar-refractivity contribution in [2.24, 2.45) is 0 Å². The Hall–Kier alpha value is -1.35. The van der Waals surface area contributed by atoms with Gasteiger partial charge in [-0.2, -0.15) is 0 Å². The van der Waals surface area contributed by atoms with Gasteiger partial charge >= 0.3 is 0 Å². The van der Waals surface area contributed by atoms with Gasteiger partial charge in [0.2, 0.25) is 0 Å². The van der Waals surface area contributed by atoms with Crippen LogP contribution in [0, 0.1) is 5.82 Å². The average Bonchev–Trinajstić information content (AvgIpc) is 2.18. The van der Waals surface area contributed by atoms with Crippen LogP contribution in [-0.2, 0) is 0 Å². The molecule has 2 rings (SSSR count). The van der Waals surface area contributed by atoms with E-state index in [2.05, 4.69) is 4.98 Å². The van der Waals surface area contributed by atoms with E-state index < -0.39 is 5.82 Å². The van der Waals surface area contributed by atoms with Crippen LogP contribution >= 0.6 is 11.6 Å². The van der Waals surface area contributed by atoms with Crippen LogP contribution in [0.2, 0.25) is 5.15 Å². The zero-order valence-corrected chi connectivity index (χ0v) is 8.18. The highest BCUT2D eigenvalue weighted by Crippen LogP contribution is 2.30. The lowest BCUT2D eigenvalue weighted by atomic mass is 10.2. The lowest BCUT2D eigenvalue weighted by Gasteiger charge is -2.06. The first-order valence-corrected chi connectivity index (χ1v) is 4.39. The molecule has 0 unspecified atom stereocenters. The van der Waals surface area contributed by atoms with E-state index in [0.29, 0.717) is 10.9 Å². The van der Waals surface area contributed by atoms with Crippen molar-refractivity contribution >= 4 is 22.5 Å². The minimum absolute atomic E-state index is 0.00892. The molecule has 0 spiro atoms. The fourth-order valence-corrected chi connectivity index (χ4v) is 1.55. The SMILES string of the molecule is COc1c(Cl)nc2ccccc2c1F. The molecule has 1 aromatic heterocycles. The van der Waals surface area contributed by atoms with E-state index in [-0.39, 0.29) is 10.9 Å². The number of ether oxygens (including phenoxy) is 1. The summed E-state index contributed by atoms with van der Waals surface area (Å²) in [4.78, 5) is 4.01. The number of hydrogen-bond donors (Lipinski definition) is 0. The Balaban J connectivity index is 2.86. The smallest absolute Gasteiger partial charge is 0.192 e. The van der Waals surface area contributed by atoms with E-state index in [1.54, 1.807) is 24.3 Å². The molecule has 2 nitrogen and oxygen atoms in total. The molecule has 0 amide bonds. The summed E-state index contributed by atoms with van der Waals surface area (Å²) in [5, 5.41) is 0.456.